The second-order valence-corrected chi connectivity index (χ2v) is 6.48. The molecule has 4 nitrogen and oxygen atoms in total. The first-order valence-corrected chi connectivity index (χ1v) is 8.92. The number of hydrogen-bond acceptors (Lipinski definition) is 3. The van der Waals surface area contributed by atoms with Crippen LogP contribution in [0.1, 0.15) is 47.6 Å². The third-order valence-electron chi connectivity index (χ3n) is 4.69. The predicted molar refractivity (Wildman–Crippen MR) is 95.8 cm³/mol. The minimum atomic E-state index is -0.500. The first-order chi connectivity index (χ1) is 12.2. The van der Waals surface area contributed by atoms with Crippen LogP contribution in [0.4, 0.5) is 4.39 Å². The molecule has 1 fully saturated rings. The van der Waals surface area contributed by atoms with E-state index in [4.69, 9.17) is 0 Å². The number of amides is 1. The van der Waals surface area contributed by atoms with Crippen molar-refractivity contribution in [2.45, 2.75) is 31.7 Å². The molecule has 132 valence electrons. The molecule has 0 bridgehead atoms. The zero-order valence-corrected chi connectivity index (χ0v) is 14.3. The standard InChI is InChI=1S/C20H24FN3O/c21-18-12-17(13-22-14-18)20(25)23-15-19(16-8-4-3-5-9-16)24-10-6-1-2-7-11-24/h3-5,8-9,12-14,19H,1-2,6-7,10-11,15H2,(H,23,25)/t19-/m1/s1. The fourth-order valence-corrected chi connectivity index (χ4v) is 3.37. The highest BCUT2D eigenvalue weighted by atomic mass is 19.1. The van der Waals surface area contributed by atoms with E-state index in [1.165, 1.54) is 43.5 Å². The molecule has 25 heavy (non-hydrogen) atoms. The lowest BCUT2D eigenvalue weighted by molar-refractivity contribution is 0.0932. The van der Waals surface area contributed by atoms with Crippen LogP contribution in [0.2, 0.25) is 0 Å². The minimum absolute atomic E-state index is 0.129. The van der Waals surface area contributed by atoms with Crippen LogP contribution < -0.4 is 5.32 Å². The molecule has 0 aliphatic carbocycles. The average molecular weight is 341 g/mol. The zero-order valence-electron chi connectivity index (χ0n) is 14.3. The summed E-state index contributed by atoms with van der Waals surface area (Å²) in [6.45, 7) is 2.58. The number of likely N-dealkylation sites (tertiary alicyclic amines) is 1. The van der Waals surface area contributed by atoms with E-state index in [0.717, 1.165) is 19.3 Å². The molecule has 0 spiro atoms. The molecule has 3 rings (SSSR count). The largest absolute Gasteiger partial charge is 0.350 e. The fourth-order valence-electron chi connectivity index (χ4n) is 3.37. The highest BCUT2D eigenvalue weighted by Gasteiger charge is 2.22. The molecule has 1 aliphatic heterocycles. The van der Waals surface area contributed by atoms with Crippen molar-refractivity contribution in [3.05, 3.63) is 65.7 Å². The molecule has 1 saturated heterocycles. The Hall–Kier alpha value is -2.27. The van der Waals surface area contributed by atoms with Gasteiger partial charge in [0.1, 0.15) is 5.82 Å². The lowest BCUT2D eigenvalue weighted by Crippen LogP contribution is -2.38. The van der Waals surface area contributed by atoms with Gasteiger partial charge >= 0.3 is 0 Å². The smallest absolute Gasteiger partial charge is 0.253 e. The molecule has 1 N–H and O–H groups in total. The Morgan fingerprint density at radius 1 is 1.12 bits per heavy atom. The molecule has 2 aromatic rings. The van der Waals surface area contributed by atoms with E-state index in [1.54, 1.807) is 0 Å². The second-order valence-electron chi connectivity index (χ2n) is 6.48. The third kappa shape index (κ3) is 4.86. The van der Waals surface area contributed by atoms with Crippen molar-refractivity contribution in [1.82, 2.24) is 15.2 Å². The van der Waals surface area contributed by atoms with Gasteiger partial charge in [0.05, 0.1) is 17.8 Å². The number of pyridine rings is 1. The molecule has 1 atom stereocenters. The number of rotatable bonds is 5. The molecule has 1 amide bonds. The van der Waals surface area contributed by atoms with Gasteiger partial charge < -0.3 is 5.32 Å². The van der Waals surface area contributed by atoms with Crippen molar-refractivity contribution in [2.24, 2.45) is 0 Å². The van der Waals surface area contributed by atoms with Crippen LogP contribution in [0.15, 0.2) is 48.8 Å². The molecule has 1 aromatic carbocycles. The number of nitrogens with zero attached hydrogens (tertiary/aromatic N) is 2. The molecular weight excluding hydrogens is 317 g/mol. The van der Waals surface area contributed by atoms with E-state index in [2.05, 4.69) is 27.3 Å². The topological polar surface area (TPSA) is 45.2 Å². The summed E-state index contributed by atoms with van der Waals surface area (Å²) < 4.78 is 13.3. The summed E-state index contributed by atoms with van der Waals surface area (Å²) in [5, 5.41) is 2.96. The van der Waals surface area contributed by atoms with E-state index >= 15 is 0 Å². The summed E-state index contributed by atoms with van der Waals surface area (Å²) in [6, 6.07) is 11.6. The summed E-state index contributed by atoms with van der Waals surface area (Å²) in [5.41, 5.74) is 1.45. The lowest BCUT2D eigenvalue weighted by atomic mass is 10.0. The molecule has 2 heterocycles. The van der Waals surface area contributed by atoms with E-state index in [1.807, 2.05) is 18.2 Å². The maximum absolute atomic E-state index is 13.3. The van der Waals surface area contributed by atoms with Gasteiger partial charge in [-0.1, -0.05) is 43.2 Å². The highest BCUT2D eigenvalue weighted by Crippen LogP contribution is 2.23. The summed E-state index contributed by atoms with van der Waals surface area (Å²) in [7, 11) is 0. The van der Waals surface area contributed by atoms with Gasteiger partial charge in [0.2, 0.25) is 0 Å². The Bertz CT molecular complexity index is 684. The van der Waals surface area contributed by atoms with Gasteiger partial charge in [-0.05, 0) is 37.6 Å². The number of hydrogen-bond donors (Lipinski definition) is 1. The Balaban J connectivity index is 1.72. The molecule has 0 saturated carbocycles. The van der Waals surface area contributed by atoms with Gasteiger partial charge in [-0.3, -0.25) is 14.7 Å². The van der Waals surface area contributed by atoms with Crippen LogP contribution in [0.3, 0.4) is 0 Å². The first-order valence-electron chi connectivity index (χ1n) is 8.92. The van der Waals surface area contributed by atoms with Crippen molar-refractivity contribution in [2.75, 3.05) is 19.6 Å². The van der Waals surface area contributed by atoms with Gasteiger partial charge in [-0.15, -0.1) is 0 Å². The number of benzene rings is 1. The number of carbonyl (C=O) groups is 1. The normalized spacial score (nSPS) is 16.8. The van der Waals surface area contributed by atoms with Crippen LogP contribution in [0, 0.1) is 5.82 Å². The number of nitrogens with one attached hydrogen (secondary N) is 1. The van der Waals surface area contributed by atoms with Gasteiger partial charge in [0.15, 0.2) is 0 Å². The predicted octanol–water partition coefficient (Wildman–Crippen LogP) is 3.57. The lowest BCUT2D eigenvalue weighted by Gasteiger charge is -2.31. The van der Waals surface area contributed by atoms with Crippen molar-refractivity contribution in [3.63, 3.8) is 0 Å². The van der Waals surface area contributed by atoms with Crippen molar-refractivity contribution >= 4 is 5.91 Å². The SMILES string of the molecule is O=C(NC[C@H](c1ccccc1)N1CCCCCC1)c1cncc(F)c1. The monoisotopic (exact) mass is 341 g/mol. The minimum Gasteiger partial charge on any atom is -0.350 e. The average Bonchev–Trinajstić information content (AvgIpc) is 2.92. The zero-order chi connectivity index (χ0) is 17.5. The summed E-state index contributed by atoms with van der Waals surface area (Å²) in [5.74, 6) is -0.789. The Labute approximate surface area is 148 Å². The molecule has 5 heteroatoms. The van der Waals surface area contributed by atoms with Gasteiger partial charge in [-0.25, -0.2) is 4.39 Å². The summed E-state index contributed by atoms with van der Waals surface area (Å²) in [6.07, 6.45) is 7.39. The van der Waals surface area contributed by atoms with Gasteiger partial charge in [-0.2, -0.15) is 0 Å². The number of halogens is 1. The molecule has 1 aliphatic rings. The fraction of sp³-hybridized carbons (Fsp3) is 0.400. The van der Waals surface area contributed by atoms with Crippen LogP contribution in [0.25, 0.3) is 0 Å². The van der Waals surface area contributed by atoms with Gasteiger partial charge in [0, 0.05) is 12.7 Å². The quantitative estimate of drug-likeness (QED) is 0.904. The number of carbonyl (C=O) groups excluding carboxylic acids is 1. The Morgan fingerprint density at radius 2 is 1.84 bits per heavy atom. The van der Waals surface area contributed by atoms with E-state index in [9.17, 15) is 9.18 Å². The summed E-state index contributed by atoms with van der Waals surface area (Å²) in [4.78, 5) is 18.5. The Morgan fingerprint density at radius 3 is 2.52 bits per heavy atom. The van der Waals surface area contributed by atoms with Crippen LogP contribution in [0.5, 0.6) is 0 Å². The molecule has 1 aromatic heterocycles. The maximum Gasteiger partial charge on any atom is 0.253 e. The van der Waals surface area contributed by atoms with E-state index in [0.29, 0.717) is 6.54 Å². The molecule has 0 unspecified atom stereocenters. The molecular formula is C20H24FN3O. The Kier molecular flexibility index (Phi) is 6.12. The second kappa shape index (κ2) is 8.72. The number of aromatic nitrogens is 1. The van der Waals surface area contributed by atoms with E-state index < -0.39 is 5.82 Å². The molecule has 0 radical (unpaired) electrons. The van der Waals surface area contributed by atoms with Crippen LogP contribution >= 0.6 is 0 Å². The van der Waals surface area contributed by atoms with Gasteiger partial charge in [0.25, 0.3) is 5.91 Å². The van der Waals surface area contributed by atoms with E-state index in [-0.39, 0.29) is 17.5 Å². The van der Waals surface area contributed by atoms with Crippen LogP contribution in [-0.4, -0.2) is 35.4 Å². The summed E-state index contributed by atoms with van der Waals surface area (Å²) >= 11 is 0. The highest BCUT2D eigenvalue weighted by molar-refractivity contribution is 5.93. The van der Waals surface area contributed by atoms with Crippen molar-refractivity contribution in [1.29, 1.82) is 0 Å². The maximum atomic E-state index is 13.3. The van der Waals surface area contributed by atoms with Crippen LogP contribution in [-0.2, 0) is 0 Å². The van der Waals surface area contributed by atoms with Crippen molar-refractivity contribution < 1.29 is 9.18 Å². The third-order valence-corrected chi connectivity index (χ3v) is 4.69. The first kappa shape index (κ1) is 17.5. The van der Waals surface area contributed by atoms with Crippen molar-refractivity contribution in [3.8, 4) is 0 Å².